The van der Waals surface area contributed by atoms with E-state index in [9.17, 15) is 13.2 Å². The Bertz CT molecular complexity index is 583. The monoisotopic (exact) mass is 359 g/mol. The van der Waals surface area contributed by atoms with Crippen molar-refractivity contribution in [3.8, 4) is 0 Å². The largest absolute Gasteiger partial charge is 0.294 e. The lowest BCUT2D eigenvalue weighted by atomic mass is 9.92. The Balaban J connectivity index is 1.99. The van der Waals surface area contributed by atoms with Crippen LogP contribution in [0.4, 0.5) is 0 Å². The number of carbonyl (C=O) groups excluding carboxylic acids is 1. The lowest BCUT2D eigenvalue weighted by molar-refractivity contribution is 0.0942. The number of Topliss-reactive ketones (excluding diaryl/α,β-unsaturated/α-hetero) is 1. The number of ketones is 1. The Morgan fingerprint density at radius 2 is 2.00 bits per heavy atom. The molecule has 0 bridgehead atoms. The van der Waals surface area contributed by atoms with Gasteiger partial charge in [0.2, 0.25) is 10.0 Å². The molecule has 2 rings (SSSR count). The van der Waals surface area contributed by atoms with Gasteiger partial charge in [0.1, 0.15) is 0 Å². The number of rotatable bonds is 4. The second-order valence-electron chi connectivity index (χ2n) is 5.26. The maximum absolute atomic E-state index is 12.2. The molecule has 0 amide bonds. The van der Waals surface area contributed by atoms with Crippen molar-refractivity contribution < 1.29 is 13.2 Å². The van der Waals surface area contributed by atoms with Gasteiger partial charge in [0.25, 0.3) is 0 Å². The Morgan fingerprint density at radius 3 is 2.60 bits per heavy atom. The van der Waals surface area contributed by atoms with Crippen LogP contribution < -0.4 is 0 Å². The normalized spacial score (nSPS) is 20.8. The van der Waals surface area contributed by atoms with E-state index in [0.717, 1.165) is 17.3 Å². The van der Waals surface area contributed by atoms with Crippen LogP contribution in [-0.2, 0) is 10.0 Å². The first kappa shape index (κ1) is 15.7. The Morgan fingerprint density at radius 1 is 1.35 bits per heavy atom. The van der Waals surface area contributed by atoms with Gasteiger partial charge in [-0.1, -0.05) is 28.1 Å². The zero-order valence-corrected chi connectivity index (χ0v) is 13.8. The fourth-order valence-electron chi connectivity index (χ4n) is 2.51. The van der Waals surface area contributed by atoms with Crippen molar-refractivity contribution in [2.24, 2.45) is 5.92 Å². The highest BCUT2D eigenvalue weighted by Gasteiger charge is 2.27. The highest BCUT2D eigenvalue weighted by molar-refractivity contribution is 9.10. The van der Waals surface area contributed by atoms with Crippen LogP contribution in [0.5, 0.6) is 0 Å². The summed E-state index contributed by atoms with van der Waals surface area (Å²) in [5.41, 5.74) is 0.685. The predicted octanol–water partition coefficient (Wildman–Crippen LogP) is 2.69. The third-order valence-electron chi connectivity index (χ3n) is 3.59. The van der Waals surface area contributed by atoms with E-state index in [2.05, 4.69) is 15.9 Å². The zero-order valence-electron chi connectivity index (χ0n) is 11.4. The van der Waals surface area contributed by atoms with Crippen LogP contribution in [-0.4, -0.2) is 37.9 Å². The molecule has 1 aliphatic heterocycles. The van der Waals surface area contributed by atoms with E-state index in [1.54, 1.807) is 12.1 Å². The minimum absolute atomic E-state index is 0.0813. The lowest BCUT2D eigenvalue weighted by Gasteiger charge is -2.30. The molecule has 1 atom stereocenters. The molecule has 1 aromatic carbocycles. The number of carbonyl (C=O) groups is 1. The summed E-state index contributed by atoms with van der Waals surface area (Å²) in [4.78, 5) is 12.2. The molecular weight excluding hydrogens is 342 g/mol. The summed E-state index contributed by atoms with van der Waals surface area (Å²) >= 11 is 3.34. The van der Waals surface area contributed by atoms with Gasteiger partial charge in [0, 0.05) is 29.5 Å². The summed E-state index contributed by atoms with van der Waals surface area (Å²) in [7, 11) is -3.15. The number of nitrogens with zero attached hydrogens (tertiary/aromatic N) is 1. The number of halogens is 1. The number of sulfonamides is 1. The molecule has 20 heavy (non-hydrogen) atoms. The Labute approximate surface area is 128 Å². The van der Waals surface area contributed by atoms with Crippen LogP contribution in [0.2, 0.25) is 0 Å². The molecule has 1 aromatic rings. The van der Waals surface area contributed by atoms with Crippen LogP contribution in [0.1, 0.15) is 29.6 Å². The first-order valence-electron chi connectivity index (χ1n) is 6.60. The van der Waals surface area contributed by atoms with E-state index in [4.69, 9.17) is 0 Å². The maximum atomic E-state index is 12.2. The quantitative estimate of drug-likeness (QED) is 0.776. The molecule has 0 N–H and O–H groups in total. The van der Waals surface area contributed by atoms with Crippen molar-refractivity contribution in [2.75, 3.05) is 19.3 Å². The first-order chi connectivity index (χ1) is 9.36. The van der Waals surface area contributed by atoms with E-state index < -0.39 is 10.0 Å². The van der Waals surface area contributed by atoms with Gasteiger partial charge in [0.15, 0.2) is 5.78 Å². The zero-order chi connectivity index (χ0) is 14.8. The lowest BCUT2D eigenvalue weighted by Crippen LogP contribution is -2.39. The van der Waals surface area contributed by atoms with Crippen LogP contribution in [0.15, 0.2) is 28.7 Å². The summed E-state index contributed by atoms with van der Waals surface area (Å²) in [5, 5.41) is 0. The molecule has 6 heteroatoms. The molecule has 4 nitrogen and oxygen atoms in total. The van der Waals surface area contributed by atoms with Gasteiger partial charge in [0.05, 0.1) is 6.26 Å². The molecule has 1 saturated heterocycles. The Kier molecular flexibility index (Phi) is 4.99. The molecule has 0 aliphatic carbocycles. The fourth-order valence-corrected chi connectivity index (χ4v) is 3.72. The standard InChI is InChI=1S/C14H18BrNO3S/c1-20(18,19)16-8-2-3-11(10-16)9-14(17)12-4-6-13(15)7-5-12/h4-7,11H,2-3,8-10H2,1H3. The number of hydrogen-bond acceptors (Lipinski definition) is 3. The minimum Gasteiger partial charge on any atom is -0.294 e. The van der Waals surface area contributed by atoms with Crippen LogP contribution in [0, 0.1) is 5.92 Å². The van der Waals surface area contributed by atoms with Gasteiger partial charge in [-0.2, -0.15) is 0 Å². The van der Waals surface area contributed by atoms with Gasteiger partial charge in [-0.05, 0) is 30.9 Å². The van der Waals surface area contributed by atoms with Gasteiger partial charge in [-0.15, -0.1) is 0 Å². The van der Waals surface area contributed by atoms with E-state index >= 15 is 0 Å². The molecule has 1 fully saturated rings. The average molecular weight is 360 g/mol. The van der Waals surface area contributed by atoms with Crippen molar-refractivity contribution in [2.45, 2.75) is 19.3 Å². The molecule has 1 heterocycles. The van der Waals surface area contributed by atoms with Crippen LogP contribution in [0.3, 0.4) is 0 Å². The molecule has 0 radical (unpaired) electrons. The van der Waals surface area contributed by atoms with Crippen molar-refractivity contribution in [3.63, 3.8) is 0 Å². The van der Waals surface area contributed by atoms with E-state index in [0.29, 0.717) is 25.1 Å². The van der Waals surface area contributed by atoms with Crippen molar-refractivity contribution >= 4 is 31.7 Å². The van der Waals surface area contributed by atoms with E-state index in [1.165, 1.54) is 10.6 Å². The first-order valence-corrected chi connectivity index (χ1v) is 9.24. The molecule has 110 valence electrons. The average Bonchev–Trinajstić information content (AvgIpc) is 2.38. The van der Waals surface area contributed by atoms with E-state index in [1.807, 2.05) is 12.1 Å². The highest BCUT2D eigenvalue weighted by atomic mass is 79.9. The fraction of sp³-hybridized carbons (Fsp3) is 0.500. The smallest absolute Gasteiger partial charge is 0.211 e. The second-order valence-corrected chi connectivity index (χ2v) is 8.16. The Hall–Kier alpha value is -0.720. The third kappa shape index (κ3) is 4.14. The molecule has 1 unspecified atom stereocenters. The van der Waals surface area contributed by atoms with Crippen LogP contribution in [0.25, 0.3) is 0 Å². The van der Waals surface area contributed by atoms with Crippen molar-refractivity contribution in [1.29, 1.82) is 0 Å². The van der Waals surface area contributed by atoms with Gasteiger partial charge < -0.3 is 0 Å². The summed E-state index contributed by atoms with van der Waals surface area (Å²) in [6, 6.07) is 7.28. The summed E-state index contributed by atoms with van der Waals surface area (Å²) < 4.78 is 25.5. The molecule has 1 aliphatic rings. The van der Waals surface area contributed by atoms with Crippen molar-refractivity contribution in [1.82, 2.24) is 4.31 Å². The minimum atomic E-state index is -3.15. The van der Waals surface area contributed by atoms with Crippen LogP contribution >= 0.6 is 15.9 Å². The molecule has 0 saturated carbocycles. The summed E-state index contributed by atoms with van der Waals surface area (Å²) in [5.74, 6) is 0.201. The molecule has 0 spiro atoms. The van der Waals surface area contributed by atoms with Crippen molar-refractivity contribution in [3.05, 3.63) is 34.3 Å². The van der Waals surface area contributed by atoms with Gasteiger partial charge in [-0.25, -0.2) is 12.7 Å². The number of piperidine rings is 1. The van der Waals surface area contributed by atoms with Gasteiger partial charge in [-0.3, -0.25) is 4.79 Å². The molecular formula is C14H18BrNO3S. The SMILES string of the molecule is CS(=O)(=O)N1CCCC(CC(=O)c2ccc(Br)cc2)C1. The second kappa shape index (κ2) is 6.37. The number of benzene rings is 1. The van der Waals surface area contributed by atoms with Gasteiger partial charge >= 0.3 is 0 Å². The summed E-state index contributed by atoms with van der Waals surface area (Å²) in [6.07, 6.45) is 3.37. The maximum Gasteiger partial charge on any atom is 0.211 e. The summed E-state index contributed by atoms with van der Waals surface area (Å²) in [6.45, 7) is 1.03. The van der Waals surface area contributed by atoms with E-state index in [-0.39, 0.29) is 11.7 Å². The predicted molar refractivity (Wildman–Crippen MR) is 82.2 cm³/mol. The topological polar surface area (TPSA) is 54.5 Å². The molecule has 0 aromatic heterocycles. The third-order valence-corrected chi connectivity index (χ3v) is 5.39. The number of hydrogen-bond donors (Lipinski definition) is 0. The highest BCUT2D eigenvalue weighted by Crippen LogP contribution is 2.23.